The van der Waals surface area contributed by atoms with Crippen LogP contribution in [0.3, 0.4) is 0 Å². The third-order valence-electron chi connectivity index (χ3n) is 5.78. The van der Waals surface area contributed by atoms with E-state index in [0.29, 0.717) is 23.0 Å². The van der Waals surface area contributed by atoms with E-state index in [0.717, 1.165) is 42.0 Å². The summed E-state index contributed by atoms with van der Waals surface area (Å²) in [4.78, 5) is 35.8. The molecule has 0 fully saturated rings. The molecule has 0 radical (unpaired) electrons. The maximum atomic E-state index is 13.2. The lowest BCUT2D eigenvalue weighted by Gasteiger charge is -2.36. The molecule has 0 bridgehead atoms. The number of Topliss-reactive ketones (excluding diaryl/α,β-unsaturated/α-hetero) is 1. The number of carbonyl (C=O) groups excluding carboxylic acids is 1. The van der Waals surface area contributed by atoms with Gasteiger partial charge in [-0.1, -0.05) is 43.3 Å². The molecule has 1 aromatic carbocycles. The first-order chi connectivity index (χ1) is 14.5. The lowest BCUT2D eigenvalue weighted by atomic mass is 9.72. The first kappa shape index (κ1) is 20.7. The smallest absolute Gasteiger partial charge is 0.257 e. The molecule has 0 saturated carbocycles. The van der Waals surface area contributed by atoms with E-state index in [9.17, 15) is 9.59 Å². The number of nitrogens with one attached hydrogen (secondary N) is 2. The highest BCUT2D eigenvalue weighted by molar-refractivity contribution is 7.99. The van der Waals surface area contributed by atoms with Crippen LogP contribution < -0.4 is 15.8 Å². The summed E-state index contributed by atoms with van der Waals surface area (Å²) in [5, 5.41) is 3.95. The van der Waals surface area contributed by atoms with Gasteiger partial charge < -0.3 is 15.2 Å². The van der Waals surface area contributed by atoms with E-state index < -0.39 is 0 Å². The normalized spacial score (nSPS) is 20.1. The Morgan fingerprint density at radius 1 is 1.17 bits per heavy atom. The maximum absolute atomic E-state index is 13.2. The second-order valence-electron chi connectivity index (χ2n) is 8.07. The summed E-state index contributed by atoms with van der Waals surface area (Å²) in [6.45, 7) is 2.14. The molecule has 7 heteroatoms. The number of fused-ring (bicyclic) bond motifs is 2. The predicted molar refractivity (Wildman–Crippen MR) is 123 cm³/mol. The largest absolute Gasteiger partial charge is 0.378 e. The van der Waals surface area contributed by atoms with Gasteiger partial charge in [-0.25, -0.2) is 4.98 Å². The number of ketones is 1. The van der Waals surface area contributed by atoms with E-state index in [2.05, 4.69) is 23.3 Å². The Balaban J connectivity index is 1.81. The molecule has 2 aromatic rings. The fourth-order valence-corrected chi connectivity index (χ4v) is 5.14. The van der Waals surface area contributed by atoms with Crippen molar-refractivity contribution in [3.63, 3.8) is 0 Å². The number of benzene rings is 1. The van der Waals surface area contributed by atoms with E-state index in [1.807, 2.05) is 43.3 Å². The second kappa shape index (κ2) is 8.68. The number of H-pyrrole nitrogens is 1. The van der Waals surface area contributed by atoms with Crippen molar-refractivity contribution in [2.75, 3.05) is 30.1 Å². The topological polar surface area (TPSA) is 78.1 Å². The van der Waals surface area contributed by atoms with Gasteiger partial charge >= 0.3 is 0 Å². The van der Waals surface area contributed by atoms with Crippen molar-refractivity contribution in [2.45, 2.75) is 43.7 Å². The van der Waals surface area contributed by atoms with Crippen LogP contribution in [0.25, 0.3) is 0 Å². The van der Waals surface area contributed by atoms with Gasteiger partial charge in [-0.2, -0.15) is 0 Å². The lowest BCUT2D eigenvalue weighted by Crippen LogP contribution is -2.38. The Bertz CT molecular complexity index is 1030. The van der Waals surface area contributed by atoms with Gasteiger partial charge in [0.05, 0.1) is 11.5 Å². The Kier molecular flexibility index (Phi) is 5.99. The molecular formula is C23H28N4O2S. The van der Waals surface area contributed by atoms with Crippen LogP contribution in [0.5, 0.6) is 0 Å². The van der Waals surface area contributed by atoms with Crippen LogP contribution in [0.15, 0.2) is 46.0 Å². The van der Waals surface area contributed by atoms with Crippen molar-refractivity contribution >= 4 is 29.1 Å². The van der Waals surface area contributed by atoms with E-state index >= 15 is 0 Å². The molecule has 6 nitrogen and oxygen atoms in total. The van der Waals surface area contributed by atoms with Gasteiger partial charge in [0.1, 0.15) is 11.6 Å². The van der Waals surface area contributed by atoms with Gasteiger partial charge in [0.2, 0.25) is 0 Å². The predicted octanol–water partition coefficient (Wildman–Crippen LogP) is 4.15. The molecule has 1 aliphatic carbocycles. The van der Waals surface area contributed by atoms with Gasteiger partial charge in [0.25, 0.3) is 5.56 Å². The zero-order valence-corrected chi connectivity index (χ0v) is 18.5. The quantitative estimate of drug-likeness (QED) is 0.412. The number of aromatic amines is 1. The Labute approximate surface area is 181 Å². The number of anilines is 2. The molecule has 2 atom stereocenters. The van der Waals surface area contributed by atoms with Crippen molar-refractivity contribution in [1.82, 2.24) is 9.97 Å². The molecule has 4 rings (SSSR count). The minimum absolute atomic E-state index is 0.161. The highest BCUT2D eigenvalue weighted by Gasteiger charge is 2.42. The number of rotatable bonds is 6. The van der Waals surface area contributed by atoms with E-state index in [1.165, 1.54) is 0 Å². The minimum Gasteiger partial charge on any atom is -0.378 e. The molecule has 0 amide bonds. The van der Waals surface area contributed by atoms with E-state index in [-0.39, 0.29) is 23.2 Å². The molecule has 0 saturated heterocycles. The van der Waals surface area contributed by atoms with Gasteiger partial charge in [-0.3, -0.25) is 9.59 Å². The molecule has 2 heterocycles. The fraction of sp³-hybridized carbons (Fsp3) is 0.435. The number of aromatic nitrogens is 2. The molecule has 1 aliphatic heterocycles. The highest BCUT2D eigenvalue weighted by Crippen LogP contribution is 2.45. The van der Waals surface area contributed by atoms with Gasteiger partial charge in [0.15, 0.2) is 5.16 Å². The molecule has 2 N–H and O–H groups in total. The summed E-state index contributed by atoms with van der Waals surface area (Å²) in [6, 6.07) is 8.12. The standard InChI is InChI=1S/C23H28N4O2S/c1-4-5-13-30-23-25-21-20(22(29)26-23)18(14-9-11-15(12-10-14)27(2)3)19-16(24-21)7-6-8-17(19)28/h7,9-12,18-19H,4-6,8,13H2,1-3H3,(H2,24,25,26,29)/t18-,19-/m0/s1. The number of allylic oxidation sites excluding steroid dienone is 2. The first-order valence-corrected chi connectivity index (χ1v) is 11.5. The first-order valence-electron chi connectivity index (χ1n) is 10.5. The molecule has 2 aliphatic rings. The van der Waals surface area contributed by atoms with Crippen LogP contribution in [0.1, 0.15) is 49.7 Å². The molecule has 0 spiro atoms. The third-order valence-corrected chi connectivity index (χ3v) is 6.74. The zero-order chi connectivity index (χ0) is 21.3. The minimum atomic E-state index is -0.363. The zero-order valence-electron chi connectivity index (χ0n) is 17.7. The monoisotopic (exact) mass is 424 g/mol. The second-order valence-corrected chi connectivity index (χ2v) is 9.15. The van der Waals surface area contributed by atoms with Crippen LogP contribution in [-0.4, -0.2) is 35.6 Å². The fourth-order valence-electron chi connectivity index (χ4n) is 4.19. The van der Waals surface area contributed by atoms with Crippen LogP contribution >= 0.6 is 11.8 Å². The molecule has 1 aromatic heterocycles. The SMILES string of the molecule is CCCCSc1nc2c(c(=O)[nH]1)[C@@H](c1ccc(N(C)C)cc1)[C@@H]1C(=O)CCC=C1N2. The summed E-state index contributed by atoms with van der Waals surface area (Å²) in [5.74, 6) is 0.974. The Morgan fingerprint density at radius 3 is 2.63 bits per heavy atom. The molecular weight excluding hydrogens is 396 g/mol. The van der Waals surface area contributed by atoms with Crippen molar-refractivity contribution in [3.8, 4) is 0 Å². The Hall–Kier alpha value is -2.54. The van der Waals surface area contributed by atoms with E-state index in [1.54, 1.807) is 11.8 Å². The summed E-state index contributed by atoms with van der Waals surface area (Å²) in [5.41, 5.74) is 3.32. The van der Waals surface area contributed by atoms with Crippen molar-refractivity contribution in [1.29, 1.82) is 0 Å². The third kappa shape index (κ3) is 3.90. The van der Waals surface area contributed by atoms with Gasteiger partial charge in [-0.15, -0.1) is 0 Å². The summed E-state index contributed by atoms with van der Waals surface area (Å²) < 4.78 is 0. The van der Waals surface area contributed by atoms with E-state index in [4.69, 9.17) is 4.98 Å². The number of unbranched alkanes of at least 4 members (excludes halogenated alkanes) is 1. The molecule has 158 valence electrons. The summed E-state index contributed by atoms with van der Waals surface area (Å²) >= 11 is 1.57. The van der Waals surface area contributed by atoms with Crippen LogP contribution in [0.2, 0.25) is 0 Å². The van der Waals surface area contributed by atoms with Crippen molar-refractivity contribution < 1.29 is 4.79 Å². The lowest BCUT2D eigenvalue weighted by molar-refractivity contribution is -0.122. The number of nitrogens with zero attached hydrogens (tertiary/aromatic N) is 2. The number of thioether (sulfide) groups is 1. The van der Waals surface area contributed by atoms with Crippen LogP contribution in [-0.2, 0) is 4.79 Å². The summed E-state index contributed by atoms with van der Waals surface area (Å²) in [6.07, 6.45) is 5.49. The Morgan fingerprint density at radius 2 is 1.93 bits per heavy atom. The summed E-state index contributed by atoms with van der Waals surface area (Å²) in [7, 11) is 3.99. The number of hydrogen-bond donors (Lipinski definition) is 2. The van der Waals surface area contributed by atoms with Crippen molar-refractivity contribution in [2.24, 2.45) is 5.92 Å². The van der Waals surface area contributed by atoms with Crippen LogP contribution in [0.4, 0.5) is 11.5 Å². The van der Waals surface area contributed by atoms with Gasteiger partial charge in [-0.05, 0) is 30.5 Å². The number of hydrogen-bond acceptors (Lipinski definition) is 6. The van der Waals surface area contributed by atoms with Crippen LogP contribution in [0, 0.1) is 5.92 Å². The number of carbonyl (C=O) groups is 1. The average Bonchev–Trinajstić information content (AvgIpc) is 2.73. The van der Waals surface area contributed by atoms with Gasteiger partial charge in [0, 0.05) is 43.6 Å². The van der Waals surface area contributed by atoms with Crippen molar-refractivity contribution in [3.05, 3.63) is 57.5 Å². The average molecular weight is 425 g/mol. The molecule has 0 unspecified atom stereocenters. The highest BCUT2D eigenvalue weighted by atomic mass is 32.2. The maximum Gasteiger partial charge on any atom is 0.257 e. The molecule has 30 heavy (non-hydrogen) atoms.